The van der Waals surface area contributed by atoms with E-state index in [0.717, 1.165) is 22.3 Å². The van der Waals surface area contributed by atoms with Gasteiger partial charge in [0.2, 0.25) is 0 Å². The van der Waals surface area contributed by atoms with Gasteiger partial charge in [-0.05, 0) is 28.3 Å². The summed E-state index contributed by atoms with van der Waals surface area (Å²) in [4.78, 5) is 0. The fourth-order valence-electron chi connectivity index (χ4n) is 2.45. The Balaban J connectivity index is 2.10. The number of benzene rings is 3. The van der Waals surface area contributed by atoms with Crippen molar-refractivity contribution >= 4 is 23.2 Å². The van der Waals surface area contributed by atoms with Crippen molar-refractivity contribution < 1.29 is 0 Å². The molecule has 0 aliphatic heterocycles. The Bertz CT molecular complexity index is 735. The van der Waals surface area contributed by atoms with Crippen molar-refractivity contribution in [2.24, 2.45) is 0 Å². The Hall–Kier alpha value is -1.76. The molecule has 0 heterocycles. The van der Waals surface area contributed by atoms with Gasteiger partial charge < -0.3 is 0 Å². The zero-order valence-electron chi connectivity index (χ0n) is 11.3. The van der Waals surface area contributed by atoms with Gasteiger partial charge in [-0.2, -0.15) is 0 Å². The molecule has 0 saturated heterocycles. The Labute approximate surface area is 135 Å². The fourth-order valence-corrected chi connectivity index (χ4v) is 3.13. The first-order chi connectivity index (χ1) is 10.3. The van der Waals surface area contributed by atoms with Crippen LogP contribution in [-0.4, -0.2) is 0 Å². The number of hydrogen-bond acceptors (Lipinski definition) is 0. The average Bonchev–Trinajstić information content (AvgIpc) is 2.55. The van der Waals surface area contributed by atoms with E-state index in [4.69, 9.17) is 23.2 Å². The van der Waals surface area contributed by atoms with Crippen LogP contribution in [0.1, 0.15) is 16.5 Å². The molecule has 3 aromatic carbocycles. The lowest BCUT2D eigenvalue weighted by atomic mass is 9.94. The van der Waals surface area contributed by atoms with Crippen LogP contribution in [0, 0.1) is 0 Å². The number of rotatable bonds is 3. The summed E-state index contributed by atoms with van der Waals surface area (Å²) >= 11 is 13.0. The summed E-state index contributed by atoms with van der Waals surface area (Å²) in [6.07, 6.45) is 0. The quantitative estimate of drug-likeness (QED) is 0.495. The third-order valence-corrected chi connectivity index (χ3v) is 4.31. The monoisotopic (exact) mass is 312 g/mol. The van der Waals surface area contributed by atoms with Gasteiger partial charge in [0, 0.05) is 5.02 Å². The van der Waals surface area contributed by atoms with Crippen LogP contribution in [0.4, 0.5) is 0 Å². The van der Waals surface area contributed by atoms with Crippen LogP contribution in [0.15, 0.2) is 78.9 Å². The van der Waals surface area contributed by atoms with E-state index in [1.54, 1.807) is 0 Å². The highest BCUT2D eigenvalue weighted by Gasteiger charge is 2.17. The predicted molar refractivity (Wildman–Crippen MR) is 91.0 cm³/mol. The van der Waals surface area contributed by atoms with Gasteiger partial charge in [0.15, 0.2) is 0 Å². The maximum Gasteiger partial charge on any atom is 0.0855 e. The minimum absolute atomic E-state index is 0.268. The minimum Gasteiger partial charge on any atom is -0.113 e. The van der Waals surface area contributed by atoms with Crippen LogP contribution in [0.3, 0.4) is 0 Å². The van der Waals surface area contributed by atoms with Gasteiger partial charge in [0.05, 0.1) is 5.38 Å². The molecule has 0 bridgehead atoms. The van der Waals surface area contributed by atoms with Crippen molar-refractivity contribution in [1.29, 1.82) is 0 Å². The van der Waals surface area contributed by atoms with E-state index in [-0.39, 0.29) is 5.38 Å². The molecule has 0 radical (unpaired) electrons. The van der Waals surface area contributed by atoms with Gasteiger partial charge >= 0.3 is 0 Å². The van der Waals surface area contributed by atoms with Crippen LogP contribution in [0.5, 0.6) is 0 Å². The molecule has 104 valence electrons. The third kappa shape index (κ3) is 2.97. The first-order valence-corrected chi connectivity index (χ1v) is 7.61. The second-order valence-corrected chi connectivity index (χ2v) is 5.68. The molecule has 21 heavy (non-hydrogen) atoms. The molecule has 2 heteroatoms. The number of hydrogen-bond donors (Lipinski definition) is 0. The van der Waals surface area contributed by atoms with E-state index in [9.17, 15) is 0 Å². The molecule has 1 unspecified atom stereocenters. The summed E-state index contributed by atoms with van der Waals surface area (Å²) < 4.78 is 0. The highest BCUT2D eigenvalue weighted by Crippen LogP contribution is 2.38. The van der Waals surface area contributed by atoms with Gasteiger partial charge in [-0.25, -0.2) is 0 Å². The molecule has 0 saturated carbocycles. The maximum absolute atomic E-state index is 6.71. The lowest BCUT2D eigenvalue weighted by Gasteiger charge is -2.16. The van der Waals surface area contributed by atoms with Crippen molar-refractivity contribution in [3.05, 3.63) is 95.0 Å². The predicted octanol–water partition coefficient (Wildman–Crippen LogP) is 6.34. The Morgan fingerprint density at radius 3 is 1.90 bits per heavy atom. The molecule has 0 N–H and O–H groups in total. The van der Waals surface area contributed by atoms with Crippen molar-refractivity contribution in [1.82, 2.24) is 0 Å². The second kappa shape index (κ2) is 6.34. The third-order valence-electron chi connectivity index (χ3n) is 3.50. The maximum atomic E-state index is 6.71. The summed E-state index contributed by atoms with van der Waals surface area (Å²) in [5, 5.41) is 0.426. The summed E-state index contributed by atoms with van der Waals surface area (Å²) in [7, 11) is 0. The van der Waals surface area contributed by atoms with E-state index in [0.29, 0.717) is 5.02 Å². The molecular formula is C19H14Cl2. The Morgan fingerprint density at radius 2 is 1.19 bits per heavy atom. The number of alkyl halides is 1. The SMILES string of the molecule is Clc1ccccc1C(Cl)c1ccccc1-c1ccccc1. The molecule has 3 rings (SSSR count). The zero-order chi connectivity index (χ0) is 14.7. The van der Waals surface area contributed by atoms with E-state index in [2.05, 4.69) is 24.3 Å². The normalized spacial score (nSPS) is 12.1. The van der Waals surface area contributed by atoms with E-state index in [1.807, 2.05) is 54.6 Å². The minimum atomic E-state index is -0.268. The van der Waals surface area contributed by atoms with Crippen molar-refractivity contribution in [3.63, 3.8) is 0 Å². The smallest absolute Gasteiger partial charge is 0.0855 e. The first-order valence-electron chi connectivity index (χ1n) is 6.80. The van der Waals surface area contributed by atoms with E-state index in [1.165, 1.54) is 0 Å². The van der Waals surface area contributed by atoms with E-state index < -0.39 is 0 Å². The lowest BCUT2D eigenvalue weighted by molar-refractivity contribution is 1.14. The standard InChI is InChI=1S/C19H14Cl2/c20-18-13-7-6-12-17(18)19(21)16-11-5-4-10-15(16)14-8-2-1-3-9-14/h1-13,19H. The average molecular weight is 313 g/mol. The molecular weight excluding hydrogens is 299 g/mol. The van der Waals surface area contributed by atoms with Gasteiger partial charge in [-0.3, -0.25) is 0 Å². The van der Waals surface area contributed by atoms with Crippen LogP contribution in [-0.2, 0) is 0 Å². The topological polar surface area (TPSA) is 0 Å². The lowest BCUT2D eigenvalue weighted by Crippen LogP contribution is -1.97. The summed E-state index contributed by atoms with van der Waals surface area (Å²) in [5.41, 5.74) is 4.30. The van der Waals surface area contributed by atoms with Crippen molar-refractivity contribution in [2.45, 2.75) is 5.38 Å². The molecule has 0 aromatic heterocycles. The molecule has 1 atom stereocenters. The van der Waals surface area contributed by atoms with Crippen LogP contribution in [0.2, 0.25) is 5.02 Å². The zero-order valence-corrected chi connectivity index (χ0v) is 12.9. The molecule has 0 aliphatic carbocycles. The van der Waals surface area contributed by atoms with Gasteiger partial charge in [-0.1, -0.05) is 84.4 Å². The Morgan fingerprint density at radius 1 is 0.619 bits per heavy atom. The first kappa shape index (κ1) is 14.2. The Kier molecular flexibility index (Phi) is 4.28. The fraction of sp³-hybridized carbons (Fsp3) is 0.0526. The van der Waals surface area contributed by atoms with Crippen molar-refractivity contribution in [3.8, 4) is 11.1 Å². The molecule has 3 aromatic rings. The molecule has 0 spiro atoms. The van der Waals surface area contributed by atoms with Gasteiger partial charge in [0.25, 0.3) is 0 Å². The van der Waals surface area contributed by atoms with Gasteiger partial charge in [0.1, 0.15) is 0 Å². The molecule has 0 aliphatic rings. The highest BCUT2D eigenvalue weighted by atomic mass is 35.5. The number of halogens is 2. The largest absolute Gasteiger partial charge is 0.113 e. The van der Waals surface area contributed by atoms with Crippen LogP contribution < -0.4 is 0 Å². The summed E-state index contributed by atoms with van der Waals surface area (Å²) in [5.74, 6) is 0. The van der Waals surface area contributed by atoms with Crippen LogP contribution >= 0.6 is 23.2 Å². The van der Waals surface area contributed by atoms with Crippen molar-refractivity contribution in [2.75, 3.05) is 0 Å². The summed E-state index contributed by atoms with van der Waals surface area (Å²) in [6.45, 7) is 0. The molecule has 0 fully saturated rings. The summed E-state index contributed by atoms with van der Waals surface area (Å²) in [6, 6.07) is 26.2. The van der Waals surface area contributed by atoms with Gasteiger partial charge in [-0.15, -0.1) is 11.6 Å². The van der Waals surface area contributed by atoms with Crippen LogP contribution in [0.25, 0.3) is 11.1 Å². The molecule has 0 nitrogen and oxygen atoms in total. The van der Waals surface area contributed by atoms with E-state index >= 15 is 0 Å². The molecule has 0 amide bonds. The highest BCUT2D eigenvalue weighted by molar-refractivity contribution is 6.33. The second-order valence-electron chi connectivity index (χ2n) is 4.84.